The summed E-state index contributed by atoms with van der Waals surface area (Å²) in [6, 6.07) is 8.53. The number of alkyl halides is 3. The molecule has 1 aromatic carbocycles. The molecule has 0 atom stereocenters. The van der Waals surface area contributed by atoms with Gasteiger partial charge in [0.05, 0.1) is 12.8 Å². The zero-order chi connectivity index (χ0) is 17.6. The van der Waals surface area contributed by atoms with Crippen molar-refractivity contribution in [3.63, 3.8) is 0 Å². The van der Waals surface area contributed by atoms with Gasteiger partial charge in [0.25, 0.3) is 0 Å². The van der Waals surface area contributed by atoms with Crippen LogP contribution in [0.15, 0.2) is 36.5 Å². The number of rotatable bonds is 7. The molecule has 1 aromatic heterocycles. The largest absolute Gasteiger partial charge is 0.487 e. The van der Waals surface area contributed by atoms with Crippen molar-refractivity contribution in [3.05, 3.63) is 47.8 Å². The molecule has 2 aromatic rings. The molecule has 0 saturated carbocycles. The number of para-hydroxylation sites is 1. The van der Waals surface area contributed by atoms with Gasteiger partial charge in [-0.2, -0.15) is 18.3 Å². The molecule has 0 bridgehead atoms. The molecular weight excluding hydrogens is 325 g/mol. The van der Waals surface area contributed by atoms with E-state index >= 15 is 0 Å². The van der Waals surface area contributed by atoms with E-state index in [1.807, 2.05) is 0 Å². The van der Waals surface area contributed by atoms with Crippen LogP contribution in [0, 0.1) is 0 Å². The molecule has 0 aliphatic carbocycles. The molecule has 0 spiro atoms. The summed E-state index contributed by atoms with van der Waals surface area (Å²) in [7, 11) is 1.31. The van der Waals surface area contributed by atoms with Crippen LogP contribution in [0.2, 0.25) is 0 Å². The highest BCUT2D eigenvalue weighted by atomic mass is 19.4. The average Bonchev–Trinajstić information content (AvgIpc) is 2.96. The maximum Gasteiger partial charge on any atom is 0.408 e. The lowest BCUT2D eigenvalue weighted by Gasteiger charge is -2.13. The Morgan fingerprint density at radius 1 is 1.25 bits per heavy atom. The molecule has 0 unspecified atom stereocenters. The number of benzene rings is 1. The number of aryl methyl sites for hydroxylation is 1. The third-order valence-electron chi connectivity index (χ3n) is 3.31. The average molecular weight is 342 g/mol. The van der Waals surface area contributed by atoms with Gasteiger partial charge in [0.15, 0.2) is 0 Å². The first-order valence-electron chi connectivity index (χ1n) is 7.24. The number of methoxy groups -OCH3 is 1. The van der Waals surface area contributed by atoms with Gasteiger partial charge in [-0.15, -0.1) is 0 Å². The molecule has 0 saturated heterocycles. The highest BCUT2D eigenvalue weighted by Crippen LogP contribution is 2.22. The molecule has 1 heterocycles. The van der Waals surface area contributed by atoms with Gasteiger partial charge in [0.1, 0.15) is 18.9 Å². The van der Waals surface area contributed by atoms with Crippen LogP contribution in [0.4, 0.5) is 13.2 Å². The number of halogens is 3. The molecule has 8 heteroatoms. The van der Waals surface area contributed by atoms with Crippen molar-refractivity contribution in [3.8, 4) is 5.75 Å². The van der Waals surface area contributed by atoms with Gasteiger partial charge in [-0.05, 0) is 24.1 Å². The van der Waals surface area contributed by atoms with E-state index in [2.05, 4.69) is 9.84 Å². The monoisotopic (exact) mass is 342 g/mol. The van der Waals surface area contributed by atoms with Gasteiger partial charge in [0, 0.05) is 12.6 Å². The first-order valence-corrected chi connectivity index (χ1v) is 7.24. The first kappa shape index (κ1) is 17.8. The number of esters is 1. The fraction of sp³-hybridized carbons (Fsp3) is 0.375. The minimum Gasteiger partial charge on any atom is -0.487 e. The fourth-order valence-electron chi connectivity index (χ4n) is 2.14. The second-order valence-corrected chi connectivity index (χ2v) is 5.07. The maximum atomic E-state index is 12.5. The Balaban J connectivity index is 2.02. The van der Waals surface area contributed by atoms with Gasteiger partial charge in [-0.3, -0.25) is 9.48 Å². The standard InChI is InChI=1S/C16H17F3N2O3/c1-23-15(22)7-6-12-4-2-3-5-14(12)24-10-13-8-9-20-21(13)11-16(17,18)19/h2-5,8-9H,6-7,10-11H2,1H3. The van der Waals surface area contributed by atoms with Crippen molar-refractivity contribution in [2.75, 3.05) is 7.11 Å². The van der Waals surface area contributed by atoms with Gasteiger partial charge < -0.3 is 9.47 Å². The summed E-state index contributed by atoms with van der Waals surface area (Å²) >= 11 is 0. The fourth-order valence-corrected chi connectivity index (χ4v) is 2.14. The van der Waals surface area contributed by atoms with E-state index < -0.39 is 12.7 Å². The lowest BCUT2D eigenvalue weighted by atomic mass is 10.1. The van der Waals surface area contributed by atoms with E-state index in [0.29, 0.717) is 17.9 Å². The molecule has 0 amide bonds. The van der Waals surface area contributed by atoms with E-state index in [4.69, 9.17) is 4.74 Å². The molecule has 0 aliphatic rings. The number of aromatic nitrogens is 2. The number of carbonyl (C=O) groups is 1. The Morgan fingerprint density at radius 2 is 2.00 bits per heavy atom. The van der Waals surface area contributed by atoms with Crippen LogP contribution in [0.25, 0.3) is 0 Å². The normalized spacial score (nSPS) is 11.3. The molecule has 130 valence electrons. The molecular formula is C16H17F3N2O3. The Morgan fingerprint density at radius 3 is 2.71 bits per heavy atom. The number of hydrogen-bond acceptors (Lipinski definition) is 4. The summed E-state index contributed by atoms with van der Waals surface area (Å²) < 4.78 is 48.5. The van der Waals surface area contributed by atoms with Crippen molar-refractivity contribution >= 4 is 5.97 Å². The van der Waals surface area contributed by atoms with Crippen molar-refractivity contribution in [1.29, 1.82) is 0 Å². The van der Waals surface area contributed by atoms with E-state index in [9.17, 15) is 18.0 Å². The summed E-state index contributed by atoms with van der Waals surface area (Å²) in [5.74, 6) is 0.175. The van der Waals surface area contributed by atoms with Crippen LogP contribution in [-0.4, -0.2) is 29.0 Å². The van der Waals surface area contributed by atoms with Crippen molar-refractivity contribution in [2.45, 2.75) is 32.2 Å². The lowest BCUT2D eigenvalue weighted by Crippen LogP contribution is -2.21. The lowest BCUT2D eigenvalue weighted by molar-refractivity contribution is -0.143. The number of carbonyl (C=O) groups excluding carboxylic acids is 1. The van der Waals surface area contributed by atoms with E-state index in [1.54, 1.807) is 24.3 Å². The zero-order valence-corrected chi connectivity index (χ0v) is 13.0. The second-order valence-electron chi connectivity index (χ2n) is 5.07. The predicted molar refractivity (Wildman–Crippen MR) is 79.4 cm³/mol. The van der Waals surface area contributed by atoms with Gasteiger partial charge in [0.2, 0.25) is 0 Å². The minimum atomic E-state index is -4.35. The van der Waals surface area contributed by atoms with Crippen LogP contribution in [-0.2, 0) is 29.1 Å². The van der Waals surface area contributed by atoms with Crippen LogP contribution in [0.5, 0.6) is 5.75 Å². The van der Waals surface area contributed by atoms with E-state index in [-0.39, 0.29) is 19.0 Å². The summed E-state index contributed by atoms with van der Waals surface area (Å²) in [6.07, 6.45) is -2.43. The summed E-state index contributed by atoms with van der Waals surface area (Å²) in [5.41, 5.74) is 1.10. The Bertz CT molecular complexity index is 683. The number of ether oxygens (including phenoxy) is 2. The summed E-state index contributed by atoms with van der Waals surface area (Å²) in [6.45, 7) is -1.21. The third-order valence-corrected chi connectivity index (χ3v) is 3.31. The number of hydrogen-bond donors (Lipinski definition) is 0. The quantitative estimate of drug-likeness (QED) is 0.726. The molecule has 2 rings (SSSR count). The van der Waals surface area contributed by atoms with Crippen LogP contribution < -0.4 is 4.74 Å². The molecule has 0 radical (unpaired) electrons. The number of nitrogens with zero attached hydrogens (tertiary/aromatic N) is 2. The smallest absolute Gasteiger partial charge is 0.408 e. The summed E-state index contributed by atoms with van der Waals surface area (Å²) in [5, 5.41) is 3.66. The Labute approximate surface area is 137 Å². The highest BCUT2D eigenvalue weighted by molar-refractivity contribution is 5.69. The summed E-state index contributed by atoms with van der Waals surface area (Å²) in [4.78, 5) is 11.2. The zero-order valence-electron chi connectivity index (χ0n) is 13.0. The van der Waals surface area contributed by atoms with Crippen LogP contribution in [0.3, 0.4) is 0 Å². The minimum absolute atomic E-state index is 0.0503. The van der Waals surface area contributed by atoms with Gasteiger partial charge in [-0.25, -0.2) is 0 Å². The second kappa shape index (κ2) is 7.85. The SMILES string of the molecule is COC(=O)CCc1ccccc1OCc1ccnn1CC(F)(F)F. The Hall–Kier alpha value is -2.51. The third kappa shape index (κ3) is 5.29. The highest BCUT2D eigenvalue weighted by Gasteiger charge is 2.29. The Kier molecular flexibility index (Phi) is 5.83. The molecule has 5 nitrogen and oxygen atoms in total. The van der Waals surface area contributed by atoms with E-state index in [1.165, 1.54) is 19.4 Å². The predicted octanol–water partition coefficient (Wildman–Crippen LogP) is 3.13. The molecule has 0 N–H and O–H groups in total. The molecule has 24 heavy (non-hydrogen) atoms. The molecule has 0 fully saturated rings. The van der Waals surface area contributed by atoms with Crippen LogP contribution >= 0.6 is 0 Å². The van der Waals surface area contributed by atoms with E-state index in [0.717, 1.165) is 10.2 Å². The van der Waals surface area contributed by atoms with Crippen molar-refractivity contribution in [2.24, 2.45) is 0 Å². The van der Waals surface area contributed by atoms with Gasteiger partial charge >= 0.3 is 12.1 Å². The van der Waals surface area contributed by atoms with Crippen molar-refractivity contribution < 1.29 is 27.4 Å². The van der Waals surface area contributed by atoms with Crippen molar-refractivity contribution in [1.82, 2.24) is 9.78 Å². The maximum absolute atomic E-state index is 12.5. The topological polar surface area (TPSA) is 53.4 Å². The van der Waals surface area contributed by atoms with Crippen LogP contribution in [0.1, 0.15) is 17.7 Å². The van der Waals surface area contributed by atoms with Gasteiger partial charge in [-0.1, -0.05) is 18.2 Å². The molecule has 0 aliphatic heterocycles. The first-order chi connectivity index (χ1) is 11.4.